The molecule has 0 aliphatic heterocycles. The third-order valence-electron chi connectivity index (χ3n) is 3.79. The first kappa shape index (κ1) is 13.1. The number of halogens is 1. The molecular formula is C19H13ClN2. The van der Waals surface area contributed by atoms with Crippen molar-refractivity contribution in [3.05, 3.63) is 84.3 Å². The fourth-order valence-corrected chi connectivity index (χ4v) is 2.94. The van der Waals surface area contributed by atoms with Crippen molar-refractivity contribution < 1.29 is 0 Å². The zero-order valence-corrected chi connectivity index (χ0v) is 12.5. The van der Waals surface area contributed by atoms with Gasteiger partial charge in [0.15, 0.2) is 0 Å². The number of aromatic nitrogens is 2. The molecule has 0 radical (unpaired) electrons. The quantitative estimate of drug-likeness (QED) is 0.488. The summed E-state index contributed by atoms with van der Waals surface area (Å²) in [5.41, 5.74) is 4.58. The molecule has 0 saturated heterocycles. The number of hydrogen-bond acceptors (Lipinski definition) is 1. The van der Waals surface area contributed by atoms with Crippen LogP contribution in [0.2, 0.25) is 5.02 Å². The van der Waals surface area contributed by atoms with Crippen LogP contribution in [0.15, 0.2) is 79.3 Å². The third kappa shape index (κ3) is 2.18. The van der Waals surface area contributed by atoms with Gasteiger partial charge < -0.3 is 4.57 Å². The fraction of sp³-hybridized carbons (Fsp3) is 0. The number of nitrogens with zero attached hydrogens (tertiary/aromatic N) is 2. The topological polar surface area (TPSA) is 17.8 Å². The second kappa shape index (κ2) is 5.32. The molecule has 0 bridgehead atoms. The van der Waals surface area contributed by atoms with E-state index in [1.807, 2.05) is 30.3 Å². The predicted molar refractivity (Wildman–Crippen MR) is 91.5 cm³/mol. The molecule has 106 valence electrons. The Bertz CT molecular complexity index is 928. The SMILES string of the molecule is Clc1ccc2c(c1)c(-c1ccccc1)cn2-c1ccncc1. The van der Waals surface area contributed by atoms with Crippen molar-refractivity contribution in [1.82, 2.24) is 9.55 Å². The molecule has 0 saturated carbocycles. The van der Waals surface area contributed by atoms with E-state index in [-0.39, 0.29) is 0 Å². The molecule has 0 amide bonds. The molecule has 2 heterocycles. The van der Waals surface area contributed by atoms with Gasteiger partial charge in [0.25, 0.3) is 0 Å². The van der Waals surface area contributed by atoms with E-state index in [2.05, 4.69) is 46.1 Å². The Morgan fingerprint density at radius 2 is 1.64 bits per heavy atom. The summed E-state index contributed by atoms with van der Waals surface area (Å²) in [7, 11) is 0. The van der Waals surface area contributed by atoms with E-state index in [1.165, 1.54) is 11.1 Å². The minimum absolute atomic E-state index is 0.747. The van der Waals surface area contributed by atoms with Crippen molar-refractivity contribution >= 4 is 22.5 Å². The van der Waals surface area contributed by atoms with Crippen LogP contribution in [-0.2, 0) is 0 Å². The Balaban J connectivity index is 2.04. The lowest BCUT2D eigenvalue weighted by molar-refractivity contribution is 1.11. The lowest BCUT2D eigenvalue weighted by atomic mass is 10.1. The van der Waals surface area contributed by atoms with E-state index in [4.69, 9.17) is 11.6 Å². The molecule has 22 heavy (non-hydrogen) atoms. The minimum atomic E-state index is 0.747. The second-order valence-corrected chi connectivity index (χ2v) is 5.58. The lowest BCUT2D eigenvalue weighted by Crippen LogP contribution is -1.91. The van der Waals surface area contributed by atoms with Gasteiger partial charge >= 0.3 is 0 Å². The number of rotatable bonds is 2. The van der Waals surface area contributed by atoms with Gasteiger partial charge in [0.1, 0.15) is 0 Å². The minimum Gasteiger partial charge on any atom is -0.316 e. The Labute approximate surface area is 133 Å². The highest BCUT2D eigenvalue weighted by atomic mass is 35.5. The van der Waals surface area contributed by atoms with Gasteiger partial charge in [0, 0.05) is 40.3 Å². The maximum atomic E-state index is 6.21. The Kier molecular flexibility index (Phi) is 3.17. The Morgan fingerprint density at radius 3 is 2.41 bits per heavy atom. The third-order valence-corrected chi connectivity index (χ3v) is 4.03. The van der Waals surface area contributed by atoms with Crippen molar-refractivity contribution in [2.75, 3.05) is 0 Å². The number of pyridine rings is 1. The van der Waals surface area contributed by atoms with Crippen molar-refractivity contribution in [3.8, 4) is 16.8 Å². The highest BCUT2D eigenvalue weighted by molar-refractivity contribution is 6.31. The van der Waals surface area contributed by atoms with Crippen LogP contribution in [0.1, 0.15) is 0 Å². The van der Waals surface area contributed by atoms with E-state index >= 15 is 0 Å². The zero-order chi connectivity index (χ0) is 14.9. The summed E-state index contributed by atoms with van der Waals surface area (Å²) in [5.74, 6) is 0. The van der Waals surface area contributed by atoms with Gasteiger partial charge in [-0.15, -0.1) is 0 Å². The van der Waals surface area contributed by atoms with Crippen LogP contribution in [0.4, 0.5) is 0 Å². The van der Waals surface area contributed by atoms with Crippen LogP contribution in [0.5, 0.6) is 0 Å². The standard InChI is InChI=1S/C19H13ClN2/c20-15-6-7-19-17(12-15)18(14-4-2-1-3-5-14)13-22(19)16-8-10-21-11-9-16/h1-13H. The van der Waals surface area contributed by atoms with Gasteiger partial charge in [-0.2, -0.15) is 0 Å². The van der Waals surface area contributed by atoms with Gasteiger partial charge in [0.2, 0.25) is 0 Å². The molecule has 0 unspecified atom stereocenters. The number of benzene rings is 2. The average Bonchev–Trinajstić information content (AvgIpc) is 2.95. The summed E-state index contributed by atoms with van der Waals surface area (Å²) in [5, 5.41) is 1.90. The van der Waals surface area contributed by atoms with Crippen molar-refractivity contribution in [3.63, 3.8) is 0 Å². The summed E-state index contributed by atoms with van der Waals surface area (Å²) < 4.78 is 2.18. The van der Waals surface area contributed by atoms with Gasteiger partial charge in [-0.3, -0.25) is 4.98 Å². The zero-order valence-electron chi connectivity index (χ0n) is 11.8. The van der Waals surface area contributed by atoms with Crippen molar-refractivity contribution in [1.29, 1.82) is 0 Å². The number of fused-ring (bicyclic) bond motifs is 1. The molecule has 0 N–H and O–H groups in total. The maximum absolute atomic E-state index is 6.21. The average molecular weight is 305 g/mol. The van der Waals surface area contributed by atoms with Crippen LogP contribution < -0.4 is 0 Å². The molecule has 0 aliphatic rings. The highest BCUT2D eigenvalue weighted by Crippen LogP contribution is 2.34. The van der Waals surface area contributed by atoms with Gasteiger partial charge in [-0.25, -0.2) is 0 Å². The van der Waals surface area contributed by atoms with Crippen LogP contribution in [0.25, 0.3) is 27.7 Å². The van der Waals surface area contributed by atoms with Crippen LogP contribution in [-0.4, -0.2) is 9.55 Å². The summed E-state index contributed by atoms with van der Waals surface area (Å²) in [6, 6.07) is 20.4. The first-order valence-electron chi connectivity index (χ1n) is 7.09. The largest absolute Gasteiger partial charge is 0.316 e. The summed E-state index contributed by atoms with van der Waals surface area (Å²) in [6.07, 6.45) is 5.77. The smallest absolute Gasteiger partial charge is 0.0535 e. The first-order valence-corrected chi connectivity index (χ1v) is 7.47. The van der Waals surface area contributed by atoms with Crippen LogP contribution >= 0.6 is 11.6 Å². The molecule has 0 aliphatic carbocycles. The van der Waals surface area contributed by atoms with Gasteiger partial charge in [-0.1, -0.05) is 41.9 Å². The fourth-order valence-electron chi connectivity index (χ4n) is 2.77. The first-order chi connectivity index (χ1) is 10.8. The van der Waals surface area contributed by atoms with E-state index in [0.29, 0.717) is 0 Å². The highest BCUT2D eigenvalue weighted by Gasteiger charge is 2.11. The molecule has 0 atom stereocenters. The monoisotopic (exact) mass is 304 g/mol. The van der Waals surface area contributed by atoms with Crippen molar-refractivity contribution in [2.24, 2.45) is 0 Å². The molecule has 4 rings (SSSR count). The molecule has 2 nitrogen and oxygen atoms in total. The van der Waals surface area contributed by atoms with E-state index < -0.39 is 0 Å². The van der Waals surface area contributed by atoms with Crippen LogP contribution in [0.3, 0.4) is 0 Å². The summed E-state index contributed by atoms with van der Waals surface area (Å²) in [4.78, 5) is 4.10. The van der Waals surface area contributed by atoms with E-state index in [0.717, 1.165) is 21.6 Å². The van der Waals surface area contributed by atoms with Gasteiger partial charge in [-0.05, 0) is 35.9 Å². The maximum Gasteiger partial charge on any atom is 0.0535 e. The lowest BCUT2D eigenvalue weighted by Gasteiger charge is -2.04. The van der Waals surface area contributed by atoms with E-state index in [9.17, 15) is 0 Å². The molecule has 0 spiro atoms. The Hall–Kier alpha value is -2.58. The normalized spacial score (nSPS) is 11.0. The summed E-state index contributed by atoms with van der Waals surface area (Å²) >= 11 is 6.21. The predicted octanol–water partition coefficient (Wildman–Crippen LogP) is 5.35. The van der Waals surface area contributed by atoms with Crippen LogP contribution in [0, 0.1) is 0 Å². The summed E-state index contributed by atoms with van der Waals surface area (Å²) in [6.45, 7) is 0. The molecule has 2 aromatic carbocycles. The molecule has 4 aromatic rings. The van der Waals surface area contributed by atoms with Gasteiger partial charge in [0.05, 0.1) is 5.52 Å². The molecular weight excluding hydrogens is 292 g/mol. The molecule has 0 fully saturated rings. The molecule has 2 aromatic heterocycles. The Morgan fingerprint density at radius 1 is 0.864 bits per heavy atom. The van der Waals surface area contributed by atoms with Crippen molar-refractivity contribution in [2.45, 2.75) is 0 Å². The van der Waals surface area contributed by atoms with E-state index in [1.54, 1.807) is 12.4 Å². The second-order valence-electron chi connectivity index (χ2n) is 5.15. The molecule has 3 heteroatoms. The number of hydrogen-bond donors (Lipinski definition) is 0.